The topological polar surface area (TPSA) is 55.4 Å². The maximum atomic E-state index is 11.0. The fraction of sp³-hybridized carbons (Fsp3) is 0.600. The molecule has 0 fully saturated rings. The number of ether oxygens (including phenoxy) is 1. The minimum Gasteiger partial charge on any atom is -0.492 e. The van der Waals surface area contributed by atoms with E-state index in [0.29, 0.717) is 25.6 Å². The molecule has 1 rings (SSSR count). The van der Waals surface area contributed by atoms with E-state index in [2.05, 4.69) is 19.2 Å². The Morgan fingerprint density at radius 1 is 1.29 bits per heavy atom. The van der Waals surface area contributed by atoms with E-state index in [-0.39, 0.29) is 5.75 Å². The molecule has 6 heteroatoms. The van der Waals surface area contributed by atoms with Crippen molar-refractivity contribution in [1.29, 1.82) is 0 Å². The summed E-state index contributed by atoms with van der Waals surface area (Å²) in [5.74, 6) is 1.31. The Kier molecular flexibility index (Phi) is 6.97. The van der Waals surface area contributed by atoms with Crippen molar-refractivity contribution in [3.8, 4) is 5.75 Å². The first-order chi connectivity index (χ1) is 9.70. The highest BCUT2D eigenvalue weighted by molar-refractivity contribution is 7.90. The van der Waals surface area contributed by atoms with Gasteiger partial charge in [0.15, 0.2) is 0 Å². The Morgan fingerprint density at radius 2 is 1.95 bits per heavy atom. The lowest BCUT2D eigenvalue weighted by Crippen LogP contribution is -2.26. The van der Waals surface area contributed by atoms with Crippen molar-refractivity contribution >= 4 is 21.4 Å². The van der Waals surface area contributed by atoms with Crippen LogP contribution in [-0.2, 0) is 9.84 Å². The summed E-state index contributed by atoms with van der Waals surface area (Å²) in [5.41, 5.74) is 2.07. The van der Waals surface area contributed by atoms with Gasteiger partial charge in [-0.15, -0.1) is 0 Å². The van der Waals surface area contributed by atoms with Gasteiger partial charge in [-0.1, -0.05) is 25.4 Å². The molecule has 0 aliphatic carbocycles. The number of sulfone groups is 1. The summed E-state index contributed by atoms with van der Waals surface area (Å²) in [6.45, 7) is 7.68. The van der Waals surface area contributed by atoms with Crippen molar-refractivity contribution in [3.05, 3.63) is 28.3 Å². The molecule has 0 saturated carbocycles. The number of nitrogens with one attached hydrogen (secondary N) is 1. The van der Waals surface area contributed by atoms with Crippen LogP contribution in [-0.4, -0.2) is 40.1 Å². The summed E-state index contributed by atoms with van der Waals surface area (Å²) in [6, 6.07) is 3.90. The van der Waals surface area contributed by atoms with E-state index in [1.54, 1.807) is 0 Å². The number of halogens is 1. The fourth-order valence-electron chi connectivity index (χ4n) is 1.88. The molecule has 0 saturated heterocycles. The molecule has 21 heavy (non-hydrogen) atoms. The first-order valence-electron chi connectivity index (χ1n) is 7.02. The summed E-state index contributed by atoms with van der Waals surface area (Å²) in [6.07, 6.45) is 1.23. The third kappa shape index (κ3) is 6.68. The van der Waals surface area contributed by atoms with Gasteiger partial charge in [0.05, 0.1) is 5.75 Å². The maximum absolute atomic E-state index is 11.0. The van der Waals surface area contributed by atoms with Crippen LogP contribution in [0, 0.1) is 6.92 Å². The molecule has 0 aliphatic heterocycles. The minimum absolute atomic E-state index is 0.143. The largest absolute Gasteiger partial charge is 0.492 e. The van der Waals surface area contributed by atoms with Crippen molar-refractivity contribution in [2.24, 2.45) is 0 Å². The van der Waals surface area contributed by atoms with Gasteiger partial charge in [0, 0.05) is 24.4 Å². The summed E-state index contributed by atoms with van der Waals surface area (Å²) in [4.78, 5) is 0. The van der Waals surface area contributed by atoms with E-state index in [1.807, 2.05) is 19.1 Å². The van der Waals surface area contributed by atoms with Gasteiger partial charge in [0.25, 0.3) is 0 Å². The second-order valence-electron chi connectivity index (χ2n) is 5.52. The summed E-state index contributed by atoms with van der Waals surface area (Å²) in [7, 11) is -2.91. The average molecular weight is 334 g/mol. The van der Waals surface area contributed by atoms with Crippen LogP contribution in [0.25, 0.3) is 0 Å². The van der Waals surface area contributed by atoms with Gasteiger partial charge in [0.2, 0.25) is 0 Å². The van der Waals surface area contributed by atoms with E-state index < -0.39 is 9.84 Å². The predicted octanol–water partition coefficient (Wildman–Crippen LogP) is 2.78. The first-order valence-corrected chi connectivity index (χ1v) is 9.46. The molecule has 1 N–H and O–H groups in total. The molecule has 1 aromatic carbocycles. The zero-order chi connectivity index (χ0) is 16.0. The van der Waals surface area contributed by atoms with Crippen molar-refractivity contribution in [2.75, 3.05) is 31.7 Å². The van der Waals surface area contributed by atoms with Gasteiger partial charge in [-0.25, -0.2) is 8.42 Å². The molecule has 0 radical (unpaired) electrons. The molecule has 0 atom stereocenters. The molecule has 0 heterocycles. The molecule has 0 amide bonds. The summed E-state index contributed by atoms with van der Waals surface area (Å²) < 4.78 is 27.7. The fourth-order valence-corrected chi connectivity index (χ4v) is 2.83. The molecule has 0 aromatic heterocycles. The van der Waals surface area contributed by atoms with Gasteiger partial charge in [0.1, 0.15) is 22.2 Å². The number of rotatable bonds is 8. The standard InChI is InChI=1S/C15H24ClNO3S/c1-11(2)13-10-15(12(3)9-14(13)16)20-7-5-17-6-8-21(4,18)19/h9-11,17H,5-8H2,1-4H3. The molecule has 120 valence electrons. The number of hydrogen-bond donors (Lipinski definition) is 1. The Hall–Kier alpha value is -0.780. The van der Waals surface area contributed by atoms with Crippen LogP contribution >= 0.6 is 11.6 Å². The average Bonchev–Trinajstić information content (AvgIpc) is 2.33. The molecule has 0 bridgehead atoms. The van der Waals surface area contributed by atoms with Crippen molar-refractivity contribution in [2.45, 2.75) is 26.7 Å². The van der Waals surface area contributed by atoms with Crippen LogP contribution in [0.15, 0.2) is 12.1 Å². The van der Waals surface area contributed by atoms with Gasteiger partial charge in [-0.05, 0) is 36.1 Å². The van der Waals surface area contributed by atoms with E-state index >= 15 is 0 Å². The zero-order valence-electron chi connectivity index (χ0n) is 13.1. The van der Waals surface area contributed by atoms with E-state index in [4.69, 9.17) is 16.3 Å². The van der Waals surface area contributed by atoms with Crippen LogP contribution < -0.4 is 10.1 Å². The lowest BCUT2D eigenvalue weighted by molar-refractivity contribution is 0.313. The number of hydrogen-bond acceptors (Lipinski definition) is 4. The van der Waals surface area contributed by atoms with E-state index in [9.17, 15) is 8.42 Å². The molecule has 0 spiro atoms. The Balaban J connectivity index is 2.47. The highest BCUT2D eigenvalue weighted by Gasteiger charge is 2.10. The van der Waals surface area contributed by atoms with Gasteiger partial charge in [-0.3, -0.25) is 0 Å². The van der Waals surface area contributed by atoms with Crippen LogP contribution in [0.3, 0.4) is 0 Å². The van der Waals surface area contributed by atoms with Crippen molar-refractivity contribution in [3.63, 3.8) is 0 Å². The normalized spacial score (nSPS) is 11.9. The minimum atomic E-state index is -2.91. The van der Waals surface area contributed by atoms with Gasteiger partial charge < -0.3 is 10.1 Å². The third-order valence-corrected chi connectivity index (χ3v) is 4.38. The smallest absolute Gasteiger partial charge is 0.148 e. The molecular formula is C15H24ClNO3S. The SMILES string of the molecule is Cc1cc(Cl)c(C(C)C)cc1OCCNCCS(C)(=O)=O. The first kappa shape index (κ1) is 18.3. The number of benzene rings is 1. The quantitative estimate of drug-likeness (QED) is 0.743. The van der Waals surface area contributed by atoms with E-state index in [1.165, 1.54) is 6.26 Å². The summed E-state index contributed by atoms with van der Waals surface area (Å²) >= 11 is 6.22. The Morgan fingerprint density at radius 3 is 2.52 bits per heavy atom. The van der Waals surface area contributed by atoms with Crippen molar-refractivity contribution in [1.82, 2.24) is 5.32 Å². The van der Waals surface area contributed by atoms with Crippen LogP contribution in [0.2, 0.25) is 5.02 Å². The Bertz CT molecular complexity index is 571. The summed E-state index contributed by atoms with van der Waals surface area (Å²) in [5, 5.41) is 3.82. The lowest BCUT2D eigenvalue weighted by Gasteiger charge is -2.15. The highest BCUT2D eigenvalue weighted by atomic mass is 35.5. The Labute approximate surface area is 132 Å². The molecular weight excluding hydrogens is 310 g/mol. The molecule has 0 aliphatic rings. The number of aryl methyl sites for hydroxylation is 1. The van der Waals surface area contributed by atoms with Gasteiger partial charge >= 0.3 is 0 Å². The molecule has 0 unspecified atom stereocenters. The predicted molar refractivity (Wildman–Crippen MR) is 88.4 cm³/mol. The lowest BCUT2D eigenvalue weighted by atomic mass is 10.0. The van der Waals surface area contributed by atoms with E-state index in [0.717, 1.165) is 21.9 Å². The van der Waals surface area contributed by atoms with Gasteiger partial charge in [-0.2, -0.15) is 0 Å². The highest BCUT2D eigenvalue weighted by Crippen LogP contribution is 2.31. The molecule has 1 aromatic rings. The van der Waals surface area contributed by atoms with Crippen LogP contribution in [0.5, 0.6) is 5.75 Å². The molecule has 4 nitrogen and oxygen atoms in total. The second-order valence-corrected chi connectivity index (χ2v) is 8.19. The van der Waals surface area contributed by atoms with Crippen LogP contribution in [0.1, 0.15) is 30.9 Å². The second kappa shape index (κ2) is 8.01. The monoisotopic (exact) mass is 333 g/mol. The zero-order valence-corrected chi connectivity index (χ0v) is 14.6. The van der Waals surface area contributed by atoms with Crippen LogP contribution in [0.4, 0.5) is 0 Å². The third-order valence-electron chi connectivity index (χ3n) is 3.10. The maximum Gasteiger partial charge on any atom is 0.148 e. The van der Waals surface area contributed by atoms with Crippen molar-refractivity contribution < 1.29 is 13.2 Å².